The number of nitrogens with one attached hydrogen (secondary N) is 1. The van der Waals surface area contributed by atoms with E-state index >= 15 is 0 Å². The third-order valence-corrected chi connectivity index (χ3v) is 4.43. The molecule has 1 atom stereocenters. The van der Waals surface area contributed by atoms with Crippen LogP contribution >= 0.6 is 0 Å². The van der Waals surface area contributed by atoms with Crippen molar-refractivity contribution in [1.82, 2.24) is 20.0 Å². The van der Waals surface area contributed by atoms with Gasteiger partial charge < -0.3 is 10.2 Å². The SMILES string of the molecule is C=CC(=O)N1CC(C(=O)NC2CCc3cnn(C)c3C2)C1. The van der Waals surface area contributed by atoms with Gasteiger partial charge in [0.25, 0.3) is 0 Å². The first-order chi connectivity index (χ1) is 10.1. The van der Waals surface area contributed by atoms with Gasteiger partial charge in [-0.05, 0) is 24.5 Å². The summed E-state index contributed by atoms with van der Waals surface area (Å²) >= 11 is 0. The minimum absolute atomic E-state index is 0.0544. The topological polar surface area (TPSA) is 67.2 Å². The van der Waals surface area contributed by atoms with Crippen molar-refractivity contribution in [3.05, 3.63) is 30.1 Å². The molecule has 1 aliphatic heterocycles. The summed E-state index contributed by atoms with van der Waals surface area (Å²) in [5, 5.41) is 7.38. The molecule has 3 rings (SSSR count). The summed E-state index contributed by atoms with van der Waals surface area (Å²) in [4.78, 5) is 25.2. The van der Waals surface area contributed by atoms with Crippen molar-refractivity contribution in [1.29, 1.82) is 0 Å². The van der Waals surface area contributed by atoms with Crippen LogP contribution in [-0.4, -0.2) is 45.6 Å². The van der Waals surface area contributed by atoms with E-state index in [1.54, 1.807) is 4.90 Å². The molecule has 0 aromatic carbocycles. The highest BCUT2D eigenvalue weighted by molar-refractivity contribution is 5.90. The van der Waals surface area contributed by atoms with Crippen LogP contribution in [0.3, 0.4) is 0 Å². The summed E-state index contributed by atoms with van der Waals surface area (Å²) < 4.78 is 1.89. The van der Waals surface area contributed by atoms with E-state index in [1.807, 2.05) is 17.9 Å². The molecule has 1 aliphatic carbocycles. The van der Waals surface area contributed by atoms with Gasteiger partial charge in [-0.3, -0.25) is 14.3 Å². The molecule has 1 aromatic rings. The summed E-state index contributed by atoms with van der Waals surface area (Å²) in [7, 11) is 1.94. The van der Waals surface area contributed by atoms with E-state index in [-0.39, 0.29) is 23.8 Å². The summed E-state index contributed by atoms with van der Waals surface area (Å²) in [5.74, 6) is -0.128. The number of rotatable bonds is 3. The van der Waals surface area contributed by atoms with Gasteiger partial charge in [0.2, 0.25) is 11.8 Å². The van der Waals surface area contributed by atoms with E-state index in [9.17, 15) is 9.59 Å². The minimum Gasteiger partial charge on any atom is -0.353 e. The predicted octanol–water partition coefficient (Wildman–Crippen LogP) is 0.0380. The molecule has 1 fully saturated rings. The lowest BCUT2D eigenvalue weighted by Crippen LogP contribution is -2.57. The number of fused-ring (bicyclic) bond motifs is 1. The number of hydrogen-bond donors (Lipinski definition) is 1. The average Bonchev–Trinajstić information content (AvgIpc) is 2.78. The standard InChI is InChI=1S/C15H20N4O2/c1-3-14(20)19-8-11(9-19)15(21)17-12-5-4-10-7-16-18(2)13(10)6-12/h3,7,11-12H,1,4-6,8-9H2,2H3,(H,17,21). The molecule has 1 unspecified atom stereocenters. The number of carbonyl (C=O) groups excluding carboxylic acids is 2. The normalized spacial score (nSPS) is 21.4. The van der Waals surface area contributed by atoms with Gasteiger partial charge >= 0.3 is 0 Å². The molecule has 6 nitrogen and oxygen atoms in total. The molecule has 6 heteroatoms. The number of aromatic nitrogens is 2. The van der Waals surface area contributed by atoms with Crippen molar-refractivity contribution in [3.8, 4) is 0 Å². The van der Waals surface area contributed by atoms with E-state index in [2.05, 4.69) is 17.0 Å². The van der Waals surface area contributed by atoms with E-state index in [0.29, 0.717) is 13.1 Å². The number of carbonyl (C=O) groups is 2. The Bertz CT molecular complexity index is 586. The Morgan fingerprint density at radius 2 is 2.24 bits per heavy atom. The Balaban J connectivity index is 1.52. The maximum Gasteiger partial charge on any atom is 0.246 e. The zero-order valence-corrected chi connectivity index (χ0v) is 12.2. The van der Waals surface area contributed by atoms with Gasteiger partial charge in [0.1, 0.15) is 0 Å². The summed E-state index contributed by atoms with van der Waals surface area (Å²) in [6, 6.07) is 0.171. The highest BCUT2D eigenvalue weighted by atomic mass is 16.2. The third-order valence-electron chi connectivity index (χ3n) is 4.43. The zero-order chi connectivity index (χ0) is 15.0. The fourth-order valence-corrected chi connectivity index (χ4v) is 3.04. The molecule has 1 aromatic heterocycles. The van der Waals surface area contributed by atoms with E-state index in [1.165, 1.54) is 17.3 Å². The number of hydrogen-bond acceptors (Lipinski definition) is 3. The van der Waals surface area contributed by atoms with Crippen molar-refractivity contribution in [2.24, 2.45) is 13.0 Å². The Morgan fingerprint density at radius 1 is 1.48 bits per heavy atom. The number of amides is 2. The van der Waals surface area contributed by atoms with Crippen LogP contribution in [0, 0.1) is 5.92 Å². The van der Waals surface area contributed by atoms with Gasteiger partial charge in [0.15, 0.2) is 0 Å². The second kappa shape index (κ2) is 5.35. The predicted molar refractivity (Wildman–Crippen MR) is 77.4 cm³/mol. The van der Waals surface area contributed by atoms with Gasteiger partial charge in [-0.1, -0.05) is 6.58 Å². The van der Waals surface area contributed by atoms with Crippen LogP contribution in [0.2, 0.25) is 0 Å². The fourth-order valence-electron chi connectivity index (χ4n) is 3.04. The summed E-state index contributed by atoms with van der Waals surface area (Å²) in [6.45, 7) is 4.45. The molecule has 21 heavy (non-hydrogen) atoms. The largest absolute Gasteiger partial charge is 0.353 e. The Hall–Kier alpha value is -2.11. The molecule has 1 saturated heterocycles. The second-order valence-electron chi connectivity index (χ2n) is 5.83. The van der Waals surface area contributed by atoms with Gasteiger partial charge in [0.05, 0.1) is 12.1 Å². The van der Waals surface area contributed by atoms with E-state index in [4.69, 9.17) is 0 Å². The van der Waals surface area contributed by atoms with Crippen LogP contribution < -0.4 is 5.32 Å². The van der Waals surface area contributed by atoms with Crippen LogP contribution in [0.1, 0.15) is 17.7 Å². The van der Waals surface area contributed by atoms with Crippen molar-refractivity contribution < 1.29 is 9.59 Å². The summed E-state index contributed by atoms with van der Waals surface area (Å²) in [6.07, 6.45) is 5.95. The molecule has 2 heterocycles. The first-order valence-corrected chi connectivity index (χ1v) is 7.30. The monoisotopic (exact) mass is 288 g/mol. The maximum absolute atomic E-state index is 12.2. The first-order valence-electron chi connectivity index (χ1n) is 7.30. The minimum atomic E-state index is -0.101. The molecule has 112 valence electrons. The van der Waals surface area contributed by atoms with Crippen molar-refractivity contribution in [2.75, 3.05) is 13.1 Å². The van der Waals surface area contributed by atoms with Crippen molar-refractivity contribution in [3.63, 3.8) is 0 Å². The molecule has 0 saturated carbocycles. The first kappa shape index (κ1) is 13.9. The van der Waals surface area contributed by atoms with Crippen LogP contribution in [0.15, 0.2) is 18.9 Å². The quantitative estimate of drug-likeness (QED) is 0.799. The van der Waals surface area contributed by atoms with Crippen LogP contribution in [0.5, 0.6) is 0 Å². The number of likely N-dealkylation sites (tertiary alicyclic amines) is 1. The Morgan fingerprint density at radius 3 is 2.95 bits per heavy atom. The molecule has 0 radical (unpaired) electrons. The summed E-state index contributed by atoms with van der Waals surface area (Å²) in [5.41, 5.74) is 2.50. The van der Waals surface area contributed by atoms with Gasteiger partial charge in [-0.25, -0.2) is 0 Å². The zero-order valence-electron chi connectivity index (χ0n) is 12.2. The average molecular weight is 288 g/mol. The molecule has 2 aliphatic rings. The molecule has 0 spiro atoms. The highest BCUT2D eigenvalue weighted by Gasteiger charge is 2.35. The number of nitrogens with zero attached hydrogens (tertiary/aromatic N) is 3. The lowest BCUT2D eigenvalue weighted by molar-refractivity contribution is -0.139. The van der Waals surface area contributed by atoms with Crippen LogP contribution in [0.4, 0.5) is 0 Å². The lowest BCUT2D eigenvalue weighted by atomic mass is 9.92. The smallest absolute Gasteiger partial charge is 0.246 e. The van der Waals surface area contributed by atoms with Crippen LogP contribution in [-0.2, 0) is 29.5 Å². The Labute approximate surface area is 123 Å². The highest BCUT2D eigenvalue weighted by Crippen LogP contribution is 2.22. The second-order valence-corrected chi connectivity index (χ2v) is 5.83. The van der Waals surface area contributed by atoms with Gasteiger partial charge in [-0.2, -0.15) is 5.10 Å². The molecular weight excluding hydrogens is 268 g/mol. The van der Waals surface area contributed by atoms with E-state index in [0.717, 1.165) is 19.3 Å². The van der Waals surface area contributed by atoms with Gasteiger partial charge in [-0.15, -0.1) is 0 Å². The van der Waals surface area contributed by atoms with Crippen molar-refractivity contribution in [2.45, 2.75) is 25.3 Å². The molecular formula is C15H20N4O2. The molecule has 0 bridgehead atoms. The fraction of sp³-hybridized carbons (Fsp3) is 0.533. The lowest BCUT2D eigenvalue weighted by Gasteiger charge is -2.38. The molecule has 2 amide bonds. The van der Waals surface area contributed by atoms with Crippen LogP contribution in [0.25, 0.3) is 0 Å². The van der Waals surface area contributed by atoms with Crippen molar-refractivity contribution >= 4 is 11.8 Å². The van der Waals surface area contributed by atoms with E-state index < -0.39 is 0 Å². The number of aryl methyl sites for hydroxylation is 2. The molecule has 1 N–H and O–H groups in total. The van der Waals surface area contributed by atoms with Gasteiger partial charge in [0, 0.05) is 38.3 Å². The maximum atomic E-state index is 12.2. The Kier molecular flexibility index (Phi) is 3.53. The third kappa shape index (κ3) is 2.57.